The highest BCUT2D eigenvalue weighted by Gasteiger charge is 2.39. The zero-order valence-electron chi connectivity index (χ0n) is 29.2. The quantitative estimate of drug-likeness (QED) is 0.222. The van der Waals surface area contributed by atoms with Crippen LogP contribution >= 0.6 is 0 Å². The number of H-pyrrole nitrogens is 1. The zero-order chi connectivity index (χ0) is 35.1. The number of amides is 1. The molecule has 49 heavy (non-hydrogen) atoms. The average molecular weight is 692 g/mol. The van der Waals surface area contributed by atoms with Crippen molar-refractivity contribution in [1.29, 1.82) is 0 Å². The number of benzene rings is 3. The van der Waals surface area contributed by atoms with Gasteiger partial charge in [0.05, 0.1) is 41.8 Å². The molecule has 1 aromatic heterocycles. The Hall–Kier alpha value is -4.00. The van der Waals surface area contributed by atoms with E-state index in [1.807, 2.05) is 23.1 Å². The van der Waals surface area contributed by atoms with Gasteiger partial charge in [-0.1, -0.05) is 12.1 Å². The number of likely N-dealkylation sites (tertiary alicyclic amines) is 2. The maximum atomic E-state index is 14.6. The van der Waals surface area contributed by atoms with Crippen LogP contribution in [0.1, 0.15) is 71.5 Å². The molecule has 262 valence electrons. The molecule has 1 atom stereocenters. The highest BCUT2D eigenvalue weighted by atomic mass is 32.2. The van der Waals surface area contributed by atoms with E-state index in [1.54, 1.807) is 66.3 Å². The first-order valence-electron chi connectivity index (χ1n) is 16.8. The lowest BCUT2D eigenvalue weighted by Gasteiger charge is -2.47. The smallest absolute Gasteiger partial charge is 0.256 e. The third-order valence-corrected chi connectivity index (χ3v) is 13.0. The van der Waals surface area contributed by atoms with Crippen LogP contribution in [0.4, 0.5) is 4.39 Å². The van der Waals surface area contributed by atoms with Crippen molar-refractivity contribution in [3.05, 3.63) is 82.4 Å². The van der Waals surface area contributed by atoms with Crippen molar-refractivity contribution in [1.82, 2.24) is 24.1 Å². The van der Waals surface area contributed by atoms with Crippen molar-refractivity contribution >= 4 is 27.0 Å². The van der Waals surface area contributed by atoms with E-state index in [2.05, 4.69) is 9.88 Å². The van der Waals surface area contributed by atoms with Crippen molar-refractivity contribution in [3.63, 3.8) is 0 Å². The molecule has 0 aliphatic carbocycles. The number of nitrogens with zero attached hydrogens (tertiary/aromatic N) is 4. The molecule has 2 aliphatic rings. The maximum absolute atomic E-state index is 14.6. The minimum atomic E-state index is -3.87. The van der Waals surface area contributed by atoms with E-state index < -0.39 is 16.1 Å². The van der Waals surface area contributed by atoms with Gasteiger partial charge in [-0.15, -0.1) is 0 Å². The Bertz CT molecular complexity index is 1940. The van der Waals surface area contributed by atoms with Crippen LogP contribution < -0.4 is 9.47 Å². The molecule has 0 radical (unpaired) electrons. The summed E-state index contributed by atoms with van der Waals surface area (Å²) in [6.07, 6.45) is 3.86. The van der Waals surface area contributed by atoms with Gasteiger partial charge in [-0.05, 0) is 112 Å². The summed E-state index contributed by atoms with van der Waals surface area (Å²) in [5.41, 5.74) is 3.72. The standard InChI is InChI=1S/C37H46FN5O5S/c1-24-21-27(47-5)22-25(2)34(24)49(45,46)41(4)26(3)35-39-31-11-7-9-28(33(31)40-35)36(44)43-19-15-37(16-20-43)13-17-42(18-14-37)23-29-30(38)10-8-12-32(29)48-6/h7-12,21-22,26H,13-20,23H2,1-6H3,(H,39,40). The molecule has 2 saturated heterocycles. The second kappa shape index (κ2) is 13.7. The number of carbonyl (C=O) groups is 1. The van der Waals surface area contributed by atoms with E-state index in [0.29, 0.717) is 70.2 Å². The maximum Gasteiger partial charge on any atom is 0.256 e. The summed E-state index contributed by atoms with van der Waals surface area (Å²) in [7, 11) is 0.801. The van der Waals surface area contributed by atoms with Gasteiger partial charge in [0.1, 0.15) is 23.1 Å². The summed E-state index contributed by atoms with van der Waals surface area (Å²) in [5.74, 6) is 1.35. The molecular weight excluding hydrogens is 646 g/mol. The summed E-state index contributed by atoms with van der Waals surface area (Å²) >= 11 is 0. The molecule has 3 aromatic carbocycles. The Kier molecular flexibility index (Phi) is 9.76. The second-order valence-corrected chi connectivity index (χ2v) is 15.5. The lowest BCUT2D eigenvalue weighted by molar-refractivity contribution is 0.0282. The van der Waals surface area contributed by atoms with E-state index in [0.717, 1.165) is 38.8 Å². The normalized spacial score (nSPS) is 17.5. The van der Waals surface area contributed by atoms with E-state index in [-0.39, 0.29) is 22.0 Å². The fraction of sp³-hybridized carbons (Fsp3) is 0.459. The number of fused-ring (bicyclic) bond motifs is 1. The average Bonchev–Trinajstić information content (AvgIpc) is 3.54. The number of aromatic nitrogens is 2. The van der Waals surface area contributed by atoms with Crippen molar-refractivity contribution < 1.29 is 27.1 Å². The van der Waals surface area contributed by atoms with Crippen molar-refractivity contribution in [3.8, 4) is 11.5 Å². The Morgan fingerprint density at radius 2 is 1.63 bits per heavy atom. The molecule has 12 heteroatoms. The van der Waals surface area contributed by atoms with Gasteiger partial charge in [-0.3, -0.25) is 9.69 Å². The summed E-state index contributed by atoms with van der Waals surface area (Å²) in [5, 5.41) is 0. The van der Waals surface area contributed by atoms with Crippen molar-refractivity contribution in [2.24, 2.45) is 5.41 Å². The van der Waals surface area contributed by atoms with Crippen molar-refractivity contribution in [2.75, 3.05) is 47.4 Å². The number of hydrogen-bond donors (Lipinski definition) is 1. The van der Waals surface area contributed by atoms with E-state index >= 15 is 0 Å². The Morgan fingerprint density at radius 1 is 1.00 bits per heavy atom. The highest BCUT2D eigenvalue weighted by Crippen LogP contribution is 2.42. The number of carbonyl (C=O) groups excluding carboxylic acids is 1. The minimum Gasteiger partial charge on any atom is -0.497 e. The molecule has 0 bridgehead atoms. The Labute approximate surface area is 288 Å². The first kappa shape index (κ1) is 34.8. The zero-order valence-corrected chi connectivity index (χ0v) is 30.0. The number of piperidine rings is 2. The minimum absolute atomic E-state index is 0.0576. The molecule has 0 saturated carbocycles. The monoisotopic (exact) mass is 691 g/mol. The fourth-order valence-electron chi connectivity index (χ4n) is 7.53. The van der Waals surface area contributed by atoms with Crippen LogP contribution in [0.5, 0.6) is 11.5 Å². The second-order valence-electron chi connectivity index (χ2n) is 13.6. The predicted octanol–water partition coefficient (Wildman–Crippen LogP) is 6.24. The van der Waals surface area contributed by atoms with Crippen LogP contribution in [0.3, 0.4) is 0 Å². The molecule has 6 rings (SSSR count). The van der Waals surface area contributed by atoms with Gasteiger partial charge >= 0.3 is 0 Å². The molecule has 1 N–H and O–H groups in total. The highest BCUT2D eigenvalue weighted by molar-refractivity contribution is 7.89. The first-order valence-corrected chi connectivity index (χ1v) is 18.3. The SMILES string of the molecule is COc1cc(C)c(S(=O)(=O)N(C)C(C)c2nc3cccc(C(=O)N4CCC5(CCN(Cc6c(F)cccc6OC)CC5)CC4)c3[nH]2)c(C)c1. The van der Waals surface area contributed by atoms with Gasteiger partial charge in [-0.25, -0.2) is 17.8 Å². The van der Waals surface area contributed by atoms with Crippen LogP contribution in [-0.4, -0.2) is 85.8 Å². The van der Waals surface area contributed by atoms with Crippen molar-refractivity contribution in [2.45, 2.75) is 63.9 Å². The molecule has 2 fully saturated rings. The number of sulfonamides is 1. The molecule has 1 amide bonds. The van der Waals surface area contributed by atoms with Gasteiger partial charge in [-0.2, -0.15) is 4.31 Å². The molecule has 3 heterocycles. The molecule has 1 unspecified atom stereocenters. The van der Waals surface area contributed by atoms with E-state index in [1.165, 1.54) is 10.4 Å². The van der Waals surface area contributed by atoms with Gasteiger partial charge in [0.25, 0.3) is 5.91 Å². The predicted molar refractivity (Wildman–Crippen MR) is 187 cm³/mol. The molecule has 2 aliphatic heterocycles. The first-order chi connectivity index (χ1) is 23.4. The summed E-state index contributed by atoms with van der Waals surface area (Å²) < 4.78 is 54.2. The molecule has 1 spiro atoms. The van der Waals surface area contributed by atoms with E-state index in [9.17, 15) is 17.6 Å². The summed E-state index contributed by atoms with van der Waals surface area (Å²) in [4.78, 5) is 26.4. The largest absolute Gasteiger partial charge is 0.497 e. The fourth-order valence-corrected chi connectivity index (χ4v) is 9.27. The molecule has 10 nitrogen and oxygen atoms in total. The lowest BCUT2D eigenvalue weighted by atomic mass is 9.71. The number of hydrogen-bond acceptors (Lipinski definition) is 7. The number of ether oxygens (including phenoxy) is 2. The third-order valence-electron chi connectivity index (χ3n) is 10.7. The van der Waals surface area contributed by atoms with Crippen LogP contribution in [0.15, 0.2) is 53.4 Å². The number of aromatic amines is 1. The molecular formula is C37H46FN5O5S. The Balaban J connectivity index is 1.12. The van der Waals surface area contributed by atoms with Gasteiger partial charge in [0.2, 0.25) is 10.0 Å². The number of halogens is 1. The lowest BCUT2D eigenvalue weighted by Crippen LogP contribution is -2.48. The van der Waals surface area contributed by atoms with Crippen LogP contribution in [-0.2, 0) is 16.6 Å². The Morgan fingerprint density at radius 3 is 2.27 bits per heavy atom. The van der Waals surface area contributed by atoms with Gasteiger partial charge in [0, 0.05) is 32.2 Å². The van der Waals surface area contributed by atoms with E-state index in [4.69, 9.17) is 14.5 Å². The summed E-state index contributed by atoms with van der Waals surface area (Å²) in [6.45, 7) is 8.91. The van der Waals surface area contributed by atoms with Crippen LogP contribution in [0.25, 0.3) is 11.0 Å². The van der Waals surface area contributed by atoms with Gasteiger partial charge < -0.3 is 19.4 Å². The number of methoxy groups -OCH3 is 2. The number of para-hydroxylation sites is 1. The number of aryl methyl sites for hydroxylation is 2. The number of nitrogens with one attached hydrogen (secondary N) is 1. The van der Waals surface area contributed by atoms with Crippen LogP contribution in [0.2, 0.25) is 0 Å². The molecule has 4 aromatic rings. The summed E-state index contributed by atoms with van der Waals surface area (Å²) in [6, 6.07) is 13.2. The number of rotatable bonds is 9. The third kappa shape index (κ3) is 6.65. The van der Waals surface area contributed by atoms with Crippen LogP contribution in [0, 0.1) is 25.1 Å². The van der Waals surface area contributed by atoms with Gasteiger partial charge in [0.15, 0.2) is 0 Å². The number of imidazole rings is 1. The topological polar surface area (TPSA) is 108 Å².